The molecule has 0 aliphatic heterocycles. The van der Waals surface area contributed by atoms with Crippen LogP contribution in [-0.2, 0) is 10.1 Å². The highest BCUT2D eigenvalue weighted by atomic mass is 32.2. The Labute approximate surface area is 141 Å². The molecule has 0 saturated heterocycles. The molecule has 0 saturated carbocycles. The van der Waals surface area contributed by atoms with E-state index in [1.54, 1.807) is 18.2 Å². The maximum absolute atomic E-state index is 11.6. The normalized spacial score (nSPS) is 14.0. The van der Waals surface area contributed by atoms with Gasteiger partial charge < -0.3 is 4.55 Å². The summed E-state index contributed by atoms with van der Waals surface area (Å²) in [5, 5.41) is 0. The minimum atomic E-state index is -4.47. The second kappa shape index (κ2) is 8.78. The predicted octanol–water partition coefficient (Wildman–Crippen LogP) is 3.20. The van der Waals surface area contributed by atoms with Crippen molar-refractivity contribution in [2.45, 2.75) is 56.4 Å². The molecule has 132 valence electrons. The van der Waals surface area contributed by atoms with E-state index in [4.69, 9.17) is 0 Å². The zero-order valence-corrected chi connectivity index (χ0v) is 15.5. The molecular formula is C17H30N2O3S. The smallest absolute Gasteiger partial charge is 0.124 e. The number of benzene rings is 1. The zero-order chi connectivity index (χ0) is 17.5. The minimum absolute atomic E-state index is 0.112. The Bertz CT molecular complexity index is 580. The van der Waals surface area contributed by atoms with Crippen molar-refractivity contribution in [3.63, 3.8) is 0 Å². The van der Waals surface area contributed by atoms with E-state index in [1.807, 2.05) is 21.1 Å². The van der Waals surface area contributed by atoms with Crippen molar-refractivity contribution in [1.29, 1.82) is 0 Å². The molecule has 0 spiro atoms. The third-order valence-electron chi connectivity index (χ3n) is 3.70. The summed E-state index contributed by atoms with van der Waals surface area (Å²) in [6.45, 7) is 2.18. The molecular weight excluding hydrogens is 312 g/mol. The lowest BCUT2D eigenvalue weighted by Gasteiger charge is -2.31. The maximum Gasteiger partial charge on any atom is 0.124 e. The summed E-state index contributed by atoms with van der Waals surface area (Å²) in [7, 11) is 1.48. The Morgan fingerprint density at radius 3 is 2.26 bits per heavy atom. The van der Waals surface area contributed by atoms with Gasteiger partial charge in [0, 0.05) is 0 Å². The first kappa shape index (κ1) is 20.1. The molecule has 5 nitrogen and oxygen atoms in total. The van der Waals surface area contributed by atoms with E-state index < -0.39 is 10.1 Å². The van der Waals surface area contributed by atoms with Crippen molar-refractivity contribution < 1.29 is 17.6 Å². The van der Waals surface area contributed by atoms with Crippen molar-refractivity contribution in [2.24, 2.45) is 0 Å². The van der Waals surface area contributed by atoms with Crippen LogP contribution in [0.2, 0.25) is 0 Å². The van der Waals surface area contributed by atoms with Gasteiger partial charge in [-0.05, 0) is 18.1 Å². The van der Waals surface area contributed by atoms with Crippen LogP contribution in [0.4, 0.5) is 0 Å². The van der Waals surface area contributed by atoms with E-state index in [0.29, 0.717) is 10.2 Å². The molecule has 1 N–H and O–H groups in total. The monoisotopic (exact) mass is 342 g/mol. The van der Waals surface area contributed by atoms with Gasteiger partial charge in [0.2, 0.25) is 0 Å². The number of nitrogens with zero attached hydrogens (tertiary/aromatic N) is 1. The number of nitrogens with one attached hydrogen (secondary N) is 1. The first-order chi connectivity index (χ1) is 10.6. The molecule has 1 aromatic rings. The van der Waals surface area contributed by atoms with E-state index >= 15 is 0 Å². The predicted molar refractivity (Wildman–Crippen MR) is 91.7 cm³/mol. The molecule has 1 unspecified atom stereocenters. The standard InChI is InChI=1S/C17H30N2O3S/c1-5-6-7-8-9-13-16(18-19(2,3)4)15-12-10-11-14-17(15)23(20,21)22/h10-12,14,16,18H,5-9,13H2,1-4H3. The van der Waals surface area contributed by atoms with Crippen molar-refractivity contribution >= 4 is 10.1 Å². The van der Waals surface area contributed by atoms with Crippen LogP contribution < -0.4 is 5.43 Å². The van der Waals surface area contributed by atoms with Crippen molar-refractivity contribution in [2.75, 3.05) is 21.1 Å². The van der Waals surface area contributed by atoms with Crippen molar-refractivity contribution in [1.82, 2.24) is 5.43 Å². The molecule has 0 aliphatic carbocycles. The molecule has 0 heterocycles. The van der Waals surface area contributed by atoms with Crippen molar-refractivity contribution in [3.8, 4) is 0 Å². The Morgan fingerprint density at radius 1 is 1.09 bits per heavy atom. The summed E-state index contributed by atoms with van der Waals surface area (Å²) in [6.07, 6.45) is 6.54. The highest BCUT2D eigenvalue weighted by Gasteiger charge is 2.23. The lowest BCUT2D eigenvalue weighted by Crippen LogP contribution is -2.49. The van der Waals surface area contributed by atoms with Crippen LogP contribution in [0, 0.1) is 0 Å². The van der Waals surface area contributed by atoms with Crippen LogP contribution in [0.5, 0.6) is 0 Å². The summed E-state index contributed by atoms with van der Waals surface area (Å²) >= 11 is 0. The Kier molecular flexibility index (Phi) is 7.67. The molecule has 1 aromatic carbocycles. The highest BCUT2D eigenvalue weighted by Crippen LogP contribution is 2.27. The van der Waals surface area contributed by atoms with Gasteiger partial charge in [0.05, 0.1) is 32.1 Å². The Balaban J connectivity index is 2.96. The van der Waals surface area contributed by atoms with Gasteiger partial charge in [0.15, 0.2) is 0 Å². The topological polar surface area (TPSA) is 69.2 Å². The van der Waals surface area contributed by atoms with Crippen LogP contribution in [0.3, 0.4) is 0 Å². The molecule has 1 atom stereocenters. The fourth-order valence-electron chi connectivity index (χ4n) is 2.71. The van der Waals surface area contributed by atoms with E-state index in [1.165, 1.54) is 25.3 Å². The summed E-state index contributed by atoms with van der Waals surface area (Å²) in [5.74, 6) is 0. The zero-order valence-electron chi connectivity index (χ0n) is 14.7. The molecule has 23 heavy (non-hydrogen) atoms. The number of quaternary nitrogens is 1. The lowest BCUT2D eigenvalue weighted by molar-refractivity contribution is -0.919. The first-order valence-corrected chi connectivity index (χ1v) is 9.70. The quantitative estimate of drug-likeness (QED) is 0.307. The van der Waals surface area contributed by atoms with E-state index in [-0.39, 0.29) is 10.9 Å². The van der Waals surface area contributed by atoms with Crippen LogP contribution >= 0.6 is 0 Å². The third-order valence-corrected chi connectivity index (χ3v) is 4.61. The van der Waals surface area contributed by atoms with Crippen LogP contribution in [-0.4, -0.2) is 38.7 Å². The first-order valence-electron chi connectivity index (χ1n) is 8.29. The molecule has 0 bridgehead atoms. The number of rotatable bonds is 10. The third kappa shape index (κ3) is 7.44. The van der Waals surface area contributed by atoms with Crippen molar-refractivity contribution in [3.05, 3.63) is 29.8 Å². The van der Waals surface area contributed by atoms with Gasteiger partial charge >= 0.3 is 0 Å². The molecule has 6 heteroatoms. The van der Waals surface area contributed by atoms with Crippen LogP contribution in [0.25, 0.3) is 0 Å². The number of unbranched alkanes of at least 4 members (excludes halogenated alkanes) is 4. The molecule has 1 rings (SSSR count). The van der Waals surface area contributed by atoms with Crippen LogP contribution in [0.1, 0.15) is 57.1 Å². The summed E-state index contributed by atoms with van der Waals surface area (Å²) in [4.78, 5) is -0.112. The summed E-state index contributed by atoms with van der Waals surface area (Å²) in [5.41, 5.74) is 3.99. The number of hydrogen-bond acceptors (Lipinski definition) is 4. The summed E-state index contributed by atoms with van der Waals surface area (Å²) in [6, 6.07) is 6.37. The summed E-state index contributed by atoms with van der Waals surface area (Å²) < 4.78 is 35.1. The lowest BCUT2D eigenvalue weighted by atomic mass is 10.00. The fourth-order valence-corrected chi connectivity index (χ4v) is 3.45. The molecule has 0 aromatic heterocycles. The second-order valence-corrected chi connectivity index (χ2v) is 8.24. The highest BCUT2D eigenvalue weighted by molar-refractivity contribution is 7.85. The average molecular weight is 343 g/mol. The molecule has 0 amide bonds. The van der Waals surface area contributed by atoms with E-state index in [0.717, 1.165) is 19.3 Å². The molecule has 0 aliphatic rings. The number of hydrogen-bond donors (Lipinski definition) is 1. The Morgan fingerprint density at radius 2 is 1.70 bits per heavy atom. The molecule has 0 fully saturated rings. The largest absolute Gasteiger partial charge is 0.744 e. The molecule has 0 radical (unpaired) electrons. The van der Waals surface area contributed by atoms with E-state index in [2.05, 4.69) is 12.3 Å². The minimum Gasteiger partial charge on any atom is -0.744 e. The fraction of sp³-hybridized carbons (Fsp3) is 0.647. The average Bonchev–Trinajstić information content (AvgIpc) is 2.44. The second-order valence-electron chi connectivity index (χ2n) is 6.89. The SMILES string of the molecule is CCCCCCCC(N[N+](C)(C)C)c1ccccc1S(=O)(=O)[O-]. The van der Waals surface area contributed by atoms with Gasteiger partial charge in [-0.15, -0.1) is 0 Å². The maximum atomic E-state index is 11.6. The van der Waals surface area contributed by atoms with Gasteiger partial charge in [-0.3, -0.25) is 4.59 Å². The van der Waals surface area contributed by atoms with Gasteiger partial charge in [0.1, 0.15) is 10.1 Å². The van der Waals surface area contributed by atoms with Crippen LogP contribution in [0.15, 0.2) is 29.2 Å². The van der Waals surface area contributed by atoms with Gasteiger partial charge in [-0.2, -0.15) is 5.43 Å². The van der Waals surface area contributed by atoms with Gasteiger partial charge in [0.25, 0.3) is 0 Å². The van der Waals surface area contributed by atoms with E-state index in [9.17, 15) is 13.0 Å². The van der Waals surface area contributed by atoms with Gasteiger partial charge in [-0.1, -0.05) is 57.2 Å². The van der Waals surface area contributed by atoms with Gasteiger partial charge in [-0.25, -0.2) is 8.42 Å². The Hall–Kier alpha value is -0.950.